The van der Waals surface area contributed by atoms with E-state index in [2.05, 4.69) is 11.4 Å². The van der Waals surface area contributed by atoms with Crippen molar-refractivity contribution in [2.75, 3.05) is 20.6 Å². The van der Waals surface area contributed by atoms with E-state index in [1.807, 2.05) is 19.0 Å². The van der Waals surface area contributed by atoms with E-state index >= 15 is 0 Å². The predicted octanol–water partition coefficient (Wildman–Crippen LogP) is 1.75. The molecule has 1 aliphatic carbocycles. The van der Waals surface area contributed by atoms with Crippen molar-refractivity contribution in [1.82, 2.24) is 14.8 Å². The molecule has 176 valence electrons. The number of primary amides is 1. The highest BCUT2D eigenvalue weighted by atomic mass is 16.4. The summed E-state index contributed by atoms with van der Waals surface area (Å²) >= 11 is 0. The Balaban J connectivity index is 2.16. The van der Waals surface area contributed by atoms with Crippen molar-refractivity contribution in [2.45, 2.75) is 43.6 Å². The van der Waals surface area contributed by atoms with Crippen LogP contribution in [0.15, 0.2) is 24.3 Å². The number of benzene rings is 1. The smallest absolute Gasteiger partial charge is 0.352 e. The highest BCUT2D eigenvalue weighted by Gasteiger charge is 2.54. The number of fused-ring (bicyclic) bond motifs is 1. The minimum Gasteiger partial charge on any atom is -0.477 e. The molecule has 9 nitrogen and oxygen atoms in total. The van der Waals surface area contributed by atoms with Gasteiger partial charge < -0.3 is 25.6 Å². The fourth-order valence-corrected chi connectivity index (χ4v) is 5.17. The van der Waals surface area contributed by atoms with Crippen LogP contribution in [0.5, 0.6) is 0 Å². The van der Waals surface area contributed by atoms with E-state index in [1.165, 1.54) is 4.57 Å². The highest BCUT2D eigenvalue weighted by molar-refractivity contribution is 6.06. The summed E-state index contributed by atoms with van der Waals surface area (Å²) in [6.45, 7) is 0.608. The Bertz CT molecular complexity index is 1120. The summed E-state index contributed by atoms with van der Waals surface area (Å²) in [5.74, 6) is -3.22. The Morgan fingerprint density at radius 1 is 1.33 bits per heavy atom. The maximum Gasteiger partial charge on any atom is 0.352 e. The van der Waals surface area contributed by atoms with Crippen LogP contribution in [0, 0.1) is 17.2 Å². The van der Waals surface area contributed by atoms with Crippen LogP contribution in [-0.4, -0.2) is 59.0 Å². The second kappa shape index (κ2) is 9.63. The minimum absolute atomic E-state index is 0.0425. The number of carbonyl (C=O) groups excluding carboxylic acids is 2. The largest absolute Gasteiger partial charge is 0.477 e. The van der Waals surface area contributed by atoms with Gasteiger partial charge >= 0.3 is 5.97 Å². The van der Waals surface area contributed by atoms with Gasteiger partial charge in [0.15, 0.2) is 0 Å². The molecule has 33 heavy (non-hydrogen) atoms. The van der Waals surface area contributed by atoms with Crippen LogP contribution in [-0.2, 0) is 22.1 Å². The molecular weight excluding hydrogens is 422 g/mol. The molecule has 0 aliphatic heterocycles. The van der Waals surface area contributed by atoms with Gasteiger partial charge in [0.05, 0.1) is 17.4 Å². The average Bonchev–Trinajstić information content (AvgIpc) is 3.09. The Morgan fingerprint density at radius 2 is 2.03 bits per heavy atom. The van der Waals surface area contributed by atoms with E-state index in [4.69, 9.17) is 5.73 Å². The summed E-state index contributed by atoms with van der Waals surface area (Å²) in [5, 5.41) is 23.0. The van der Waals surface area contributed by atoms with Crippen molar-refractivity contribution in [2.24, 2.45) is 18.7 Å². The number of rotatable bonds is 8. The first-order valence-electron chi connectivity index (χ1n) is 11.1. The van der Waals surface area contributed by atoms with Crippen LogP contribution in [0.3, 0.4) is 0 Å². The number of nitrogens with two attached hydrogens (primary N) is 1. The topological polar surface area (TPSA) is 141 Å². The maximum atomic E-state index is 13.5. The molecule has 3 rings (SSSR count). The molecule has 0 unspecified atom stereocenters. The Hall–Kier alpha value is -3.38. The van der Waals surface area contributed by atoms with Crippen LogP contribution >= 0.6 is 0 Å². The zero-order valence-corrected chi connectivity index (χ0v) is 19.3. The van der Waals surface area contributed by atoms with Crippen molar-refractivity contribution in [1.29, 1.82) is 5.26 Å². The van der Waals surface area contributed by atoms with Crippen molar-refractivity contribution in [3.05, 3.63) is 35.5 Å². The Labute approximate surface area is 193 Å². The SMILES string of the molecule is CN(C)CC[C@@H](C#N)NC(=O)[C@@H]1CCCC[C@@]1(C(N)=O)c1c(C(=O)O)n(C)c2ccccc12. The number of hydrogen-bond donors (Lipinski definition) is 3. The quantitative estimate of drug-likeness (QED) is 0.556. The number of para-hydroxylation sites is 1. The third-order valence-electron chi connectivity index (χ3n) is 6.76. The number of aromatic carboxylic acids is 1. The van der Waals surface area contributed by atoms with E-state index in [0.29, 0.717) is 48.7 Å². The minimum atomic E-state index is -1.49. The molecule has 9 heteroatoms. The molecule has 4 N–H and O–H groups in total. The van der Waals surface area contributed by atoms with Gasteiger partial charge in [-0.3, -0.25) is 9.59 Å². The van der Waals surface area contributed by atoms with Gasteiger partial charge in [0.25, 0.3) is 0 Å². The summed E-state index contributed by atoms with van der Waals surface area (Å²) in [5.41, 5.74) is 5.41. The van der Waals surface area contributed by atoms with Crippen molar-refractivity contribution in [3.63, 3.8) is 0 Å². The number of carboxylic acids is 1. The predicted molar refractivity (Wildman–Crippen MR) is 123 cm³/mol. The molecule has 0 spiro atoms. The molecular formula is C24H31N5O4. The van der Waals surface area contributed by atoms with Crippen LogP contribution in [0.4, 0.5) is 0 Å². The van der Waals surface area contributed by atoms with Gasteiger partial charge in [-0.15, -0.1) is 0 Å². The summed E-state index contributed by atoms with van der Waals surface area (Å²) in [6.07, 6.45) is 2.42. The lowest BCUT2D eigenvalue weighted by Crippen LogP contribution is -2.56. The van der Waals surface area contributed by atoms with E-state index in [1.54, 1.807) is 31.3 Å². The molecule has 2 amide bonds. The lowest BCUT2D eigenvalue weighted by atomic mass is 9.60. The third kappa shape index (κ3) is 4.31. The lowest BCUT2D eigenvalue weighted by molar-refractivity contribution is -0.137. The monoisotopic (exact) mass is 453 g/mol. The Kier molecular flexibility index (Phi) is 7.08. The third-order valence-corrected chi connectivity index (χ3v) is 6.76. The number of carboxylic acid groups (broad SMARTS) is 1. The van der Waals surface area contributed by atoms with E-state index in [0.717, 1.165) is 0 Å². The first kappa shape index (κ1) is 24.3. The number of hydrogen-bond acceptors (Lipinski definition) is 5. The molecule has 1 fully saturated rings. The average molecular weight is 454 g/mol. The van der Waals surface area contributed by atoms with Gasteiger partial charge in [0, 0.05) is 30.1 Å². The van der Waals surface area contributed by atoms with Gasteiger partial charge in [0.1, 0.15) is 11.7 Å². The molecule has 2 aromatic rings. The maximum absolute atomic E-state index is 13.5. The molecule has 3 atom stereocenters. The van der Waals surface area contributed by atoms with Crippen LogP contribution < -0.4 is 11.1 Å². The Morgan fingerprint density at radius 3 is 2.64 bits per heavy atom. The zero-order valence-electron chi connectivity index (χ0n) is 19.3. The van der Waals surface area contributed by atoms with E-state index in [-0.39, 0.29) is 12.1 Å². The van der Waals surface area contributed by atoms with Gasteiger partial charge in [-0.25, -0.2) is 4.79 Å². The molecule has 0 bridgehead atoms. The highest BCUT2D eigenvalue weighted by Crippen LogP contribution is 2.48. The van der Waals surface area contributed by atoms with Crippen LogP contribution in [0.25, 0.3) is 10.9 Å². The molecule has 0 saturated heterocycles. The van der Waals surface area contributed by atoms with Crippen LogP contribution in [0.2, 0.25) is 0 Å². The first-order valence-corrected chi connectivity index (χ1v) is 11.1. The number of nitrogens with one attached hydrogen (secondary N) is 1. The number of carbonyl (C=O) groups is 3. The molecule has 1 aromatic heterocycles. The summed E-state index contributed by atoms with van der Waals surface area (Å²) in [7, 11) is 5.39. The van der Waals surface area contributed by atoms with E-state index in [9.17, 15) is 24.8 Å². The van der Waals surface area contributed by atoms with Gasteiger partial charge in [-0.05, 0) is 39.4 Å². The number of amides is 2. The fraction of sp³-hybridized carbons (Fsp3) is 0.500. The van der Waals surface area contributed by atoms with Gasteiger partial charge in [-0.2, -0.15) is 5.26 Å². The zero-order chi connectivity index (χ0) is 24.3. The van der Waals surface area contributed by atoms with Crippen molar-refractivity contribution in [3.8, 4) is 6.07 Å². The summed E-state index contributed by atoms with van der Waals surface area (Å²) < 4.78 is 1.54. The fourth-order valence-electron chi connectivity index (χ4n) is 5.17. The van der Waals surface area contributed by atoms with Gasteiger partial charge in [-0.1, -0.05) is 31.0 Å². The van der Waals surface area contributed by atoms with E-state index < -0.39 is 35.2 Å². The molecule has 0 radical (unpaired) electrons. The first-order chi connectivity index (χ1) is 15.6. The van der Waals surface area contributed by atoms with Crippen LogP contribution in [0.1, 0.15) is 48.2 Å². The molecule has 1 heterocycles. The number of aromatic nitrogens is 1. The molecule has 1 aromatic carbocycles. The second-order valence-corrected chi connectivity index (χ2v) is 9.02. The number of nitriles is 1. The summed E-state index contributed by atoms with van der Waals surface area (Å²) in [6, 6.07) is 8.51. The lowest BCUT2D eigenvalue weighted by Gasteiger charge is -2.41. The second-order valence-electron chi connectivity index (χ2n) is 9.02. The van der Waals surface area contributed by atoms with Gasteiger partial charge in [0.2, 0.25) is 11.8 Å². The number of nitrogens with zero attached hydrogens (tertiary/aromatic N) is 3. The summed E-state index contributed by atoms with van der Waals surface area (Å²) in [4.78, 5) is 40.9. The van der Waals surface area contributed by atoms with Crippen molar-refractivity contribution < 1.29 is 19.5 Å². The standard InChI is InChI=1S/C24H31N5O4/c1-28(2)13-11-15(14-25)27-21(30)17-9-6-7-12-24(17,23(26)33)19-16-8-4-5-10-18(16)29(3)20(19)22(31)32/h4-5,8,10,15,17H,6-7,9,11-13H2,1-3H3,(H2,26,33)(H,27,30)(H,31,32)/t15-,17-,24-/m0/s1. The normalized spacial score (nSPS) is 21.5. The molecule has 1 saturated carbocycles. The number of aryl methyl sites for hydroxylation is 1. The molecule has 1 aliphatic rings. The van der Waals surface area contributed by atoms with Crippen molar-refractivity contribution >= 4 is 28.7 Å².